The lowest BCUT2D eigenvalue weighted by Crippen LogP contribution is -2.45. The van der Waals surface area contributed by atoms with Crippen LogP contribution in [0.5, 0.6) is 5.75 Å². The number of hydrogen-bond donors (Lipinski definition) is 2. The predicted molar refractivity (Wildman–Crippen MR) is 91.1 cm³/mol. The molecular weight excluding hydrogens is 348 g/mol. The van der Waals surface area contributed by atoms with E-state index in [9.17, 15) is 5.11 Å². The minimum atomic E-state index is 0.112. The maximum absolute atomic E-state index is 10.6. The van der Waals surface area contributed by atoms with E-state index in [0.717, 1.165) is 41.8 Å². The Morgan fingerprint density at radius 1 is 1.29 bits per heavy atom. The van der Waals surface area contributed by atoms with Crippen LogP contribution >= 0.6 is 27.3 Å². The average Bonchev–Trinajstić information content (AvgIpc) is 3.02. The van der Waals surface area contributed by atoms with Crippen molar-refractivity contribution in [3.05, 3.63) is 50.1 Å². The number of nitrogens with zero attached hydrogens (tertiary/aromatic N) is 1. The fourth-order valence-corrected chi connectivity index (χ4v) is 4.25. The molecule has 1 saturated heterocycles. The third-order valence-corrected chi connectivity index (χ3v) is 5.58. The van der Waals surface area contributed by atoms with Gasteiger partial charge in [-0.3, -0.25) is 4.90 Å². The number of thiophene rings is 1. The van der Waals surface area contributed by atoms with E-state index < -0.39 is 0 Å². The number of piperazine rings is 1. The third kappa shape index (κ3) is 3.01. The summed E-state index contributed by atoms with van der Waals surface area (Å²) in [7, 11) is 0. The van der Waals surface area contributed by atoms with Crippen molar-refractivity contribution in [1.29, 1.82) is 0 Å². The second-order valence-corrected chi connectivity index (χ2v) is 7.16. The number of phenolic OH excluding ortho intramolecular Hbond substituents is 1. The molecule has 1 fully saturated rings. The summed E-state index contributed by atoms with van der Waals surface area (Å²) in [5.41, 5.74) is 1.91. The fraction of sp³-hybridized carbons (Fsp3) is 0.375. The van der Waals surface area contributed by atoms with Crippen LogP contribution in [0.2, 0.25) is 0 Å². The summed E-state index contributed by atoms with van der Waals surface area (Å²) < 4.78 is 0.975. The molecule has 1 atom stereocenters. The van der Waals surface area contributed by atoms with E-state index in [2.05, 4.69) is 43.7 Å². The van der Waals surface area contributed by atoms with Crippen LogP contribution in [0.25, 0.3) is 0 Å². The molecule has 0 radical (unpaired) electrons. The van der Waals surface area contributed by atoms with Gasteiger partial charge in [-0.25, -0.2) is 0 Å². The minimum Gasteiger partial charge on any atom is -0.507 e. The molecule has 2 aromatic rings. The molecule has 1 aliphatic rings. The van der Waals surface area contributed by atoms with Gasteiger partial charge in [-0.05, 0) is 30.0 Å². The van der Waals surface area contributed by atoms with Crippen LogP contribution < -0.4 is 5.32 Å². The van der Waals surface area contributed by atoms with E-state index in [0.29, 0.717) is 5.75 Å². The Morgan fingerprint density at radius 2 is 2.05 bits per heavy atom. The summed E-state index contributed by atoms with van der Waals surface area (Å²) in [6.45, 7) is 5.91. The van der Waals surface area contributed by atoms with Crippen molar-refractivity contribution in [3.8, 4) is 5.75 Å². The van der Waals surface area contributed by atoms with Gasteiger partial charge in [0.05, 0.1) is 6.04 Å². The largest absolute Gasteiger partial charge is 0.507 e. The normalized spacial score (nSPS) is 17.8. The first kappa shape index (κ1) is 15.0. The molecule has 21 heavy (non-hydrogen) atoms. The Labute approximate surface area is 137 Å². The topological polar surface area (TPSA) is 35.5 Å². The smallest absolute Gasteiger partial charge is 0.124 e. The van der Waals surface area contributed by atoms with Crippen molar-refractivity contribution in [1.82, 2.24) is 10.2 Å². The van der Waals surface area contributed by atoms with E-state index >= 15 is 0 Å². The van der Waals surface area contributed by atoms with Crippen molar-refractivity contribution < 1.29 is 5.11 Å². The maximum Gasteiger partial charge on any atom is 0.124 e. The van der Waals surface area contributed by atoms with Crippen molar-refractivity contribution >= 4 is 27.3 Å². The highest BCUT2D eigenvalue weighted by atomic mass is 79.9. The molecule has 3 nitrogen and oxygen atoms in total. The molecule has 1 aromatic carbocycles. The molecule has 0 unspecified atom stereocenters. The molecule has 1 aliphatic heterocycles. The zero-order valence-corrected chi connectivity index (χ0v) is 14.4. The Hall–Kier alpha value is -0.880. The number of nitrogens with one attached hydrogen (secondary N) is 1. The number of benzene rings is 1. The first-order valence-electron chi connectivity index (χ1n) is 7.14. The summed E-state index contributed by atoms with van der Waals surface area (Å²) in [6, 6.07) is 8.34. The van der Waals surface area contributed by atoms with Crippen molar-refractivity contribution in [2.45, 2.75) is 13.0 Å². The van der Waals surface area contributed by atoms with Crippen LogP contribution in [0.1, 0.15) is 22.0 Å². The second-order valence-electron chi connectivity index (χ2n) is 5.33. The van der Waals surface area contributed by atoms with Gasteiger partial charge < -0.3 is 10.4 Å². The highest BCUT2D eigenvalue weighted by Gasteiger charge is 2.29. The first-order valence-corrected chi connectivity index (χ1v) is 8.82. The van der Waals surface area contributed by atoms with Crippen molar-refractivity contribution in [2.24, 2.45) is 0 Å². The van der Waals surface area contributed by atoms with Gasteiger partial charge in [0.25, 0.3) is 0 Å². The Bertz CT molecular complexity index is 609. The van der Waals surface area contributed by atoms with Gasteiger partial charge in [-0.15, -0.1) is 11.3 Å². The van der Waals surface area contributed by atoms with E-state index in [4.69, 9.17) is 0 Å². The van der Waals surface area contributed by atoms with Crippen LogP contribution in [-0.2, 0) is 0 Å². The van der Waals surface area contributed by atoms with Crippen LogP contribution in [-0.4, -0.2) is 36.2 Å². The predicted octanol–water partition coefficient (Wildman–Crippen LogP) is 3.52. The molecule has 1 aromatic heterocycles. The fourth-order valence-electron chi connectivity index (χ4n) is 2.84. The molecule has 0 amide bonds. The molecule has 3 rings (SSSR count). The molecular formula is C16H19BrN2OS. The van der Waals surface area contributed by atoms with Crippen LogP contribution in [0.15, 0.2) is 34.1 Å². The van der Waals surface area contributed by atoms with E-state index in [1.165, 1.54) is 4.88 Å². The summed E-state index contributed by atoms with van der Waals surface area (Å²) in [4.78, 5) is 3.72. The summed E-state index contributed by atoms with van der Waals surface area (Å²) in [5, 5.41) is 16.1. The highest BCUT2D eigenvalue weighted by molar-refractivity contribution is 9.10. The lowest BCUT2D eigenvalue weighted by atomic mass is 9.99. The highest BCUT2D eigenvalue weighted by Crippen LogP contribution is 2.42. The van der Waals surface area contributed by atoms with Crippen LogP contribution in [0.4, 0.5) is 0 Å². The number of halogens is 1. The zero-order chi connectivity index (χ0) is 14.8. The lowest BCUT2D eigenvalue weighted by Gasteiger charge is -2.35. The van der Waals surface area contributed by atoms with Gasteiger partial charge in [0.1, 0.15) is 5.75 Å². The maximum atomic E-state index is 10.6. The standard InChI is InChI=1S/C16H19BrN2OS/c1-11-4-5-12(17)14(16(11)20)15(13-3-2-10-21-13)19-8-6-18-7-9-19/h2-5,10,15,18,20H,6-9H2,1H3/t15-/m1/s1. The molecule has 2 N–H and O–H groups in total. The summed E-state index contributed by atoms with van der Waals surface area (Å²) >= 11 is 5.39. The number of phenols is 1. The summed E-state index contributed by atoms with van der Waals surface area (Å²) in [6.07, 6.45) is 0. The van der Waals surface area contributed by atoms with Gasteiger partial charge in [-0.2, -0.15) is 0 Å². The van der Waals surface area contributed by atoms with E-state index in [1.807, 2.05) is 19.1 Å². The Balaban J connectivity index is 2.09. The molecule has 0 spiro atoms. The summed E-state index contributed by atoms with van der Waals surface area (Å²) in [5.74, 6) is 0.404. The molecule has 0 bridgehead atoms. The number of aryl methyl sites for hydroxylation is 1. The van der Waals surface area contributed by atoms with Gasteiger partial charge in [-0.1, -0.05) is 28.1 Å². The Kier molecular flexibility index (Phi) is 4.64. The first-order chi connectivity index (χ1) is 10.2. The van der Waals surface area contributed by atoms with Crippen LogP contribution in [0.3, 0.4) is 0 Å². The SMILES string of the molecule is Cc1ccc(Br)c([C@@H](c2cccs2)N2CCNCC2)c1O. The zero-order valence-electron chi connectivity index (χ0n) is 12.0. The quantitative estimate of drug-likeness (QED) is 0.872. The molecule has 0 saturated carbocycles. The molecule has 2 heterocycles. The number of aromatic hydroxyl groups is 1. The molecule has 5 heteroatoms. The molecule has 0 aliphatic carbocycles. The van der Waals surface area contributed by atoms with Gasteiger partial charge in [0, 0.05) is 41.1 Å². The Morgan fingerprint density at radius 3 is 2.71 bits per heavy atom. The van der Waals surface area contributed by atoms with Crippen molar-refractivity contribution in [3.63, 3.8) is 0 Å². The second kappa shape index (κ2) is 6.48. The average molecular weight is 367 g/mol. The van der Waals surface area contributed by atoms with Crippen LogP contribution in [0, 0.1) is 6.92 Å². The van der Waals surface area contributed by atoms with Gasteiger partial charge in [0.15, 0.2) is 0 Å². The number of rotatable bonds is 3. The van der Waals surface area contributed by atoms with Gasteiger partial charge >= 0.3 is 0 Å². The lowest BCUT2D eigenvalue weighted by molar-refractivity contribution is 0.197. The minimum absolute atomic E-state index is 0.112. The van der Waals surface area contributed by atoms with E-state index in [1.54, 1.807) is 11.3 Å². The molecule has 112 valence electrons. The third-order valence-electron chi connectivity index (χ3n) is 3.97. The van der Waals surface area contributed by atoms with Crippen molar-refractivity contribution in [2.75, 3.05) is 26.2 Å². The monoisotopic (exact) mass is 366 g/mol. The number of hydrogen-bond acceptors (Lipinski definition) is 4. The van der Waals surface area contributed by atoms with Gasteiger partial charge in [0.2, 0.25) is 0 Å². The van der Waals surface area contributed by atoms with E-state index in [-0.39, 0.29) is 6.04 Å².